The number of hydrogen-bond donors (Lipinski definition) is 2. The van der Waals surface area contributed by atoms with Gasteiger partial charge in [0.05, 0.1) is 11.8 Å². The fourth-order valence-electron chi connectivity index (χ4n) is 1.80. The molecule has 1 heterocycles. The van der Waals surface area contributed by atoms with E-state index in [0.29, 0.717) is 11.7 Å². The Hall–Kier alpha value is -1.58. The normalized spacial score (nSPS) is 12.2. The summed E-state index contributed by atoms with van der Waals surface area (Å²) < 4.78 is 0. The Balaban J connectivity index is 2.17. The summed E-state index contributed by atoms with van der Waals surface area (Å²) in [4.78, 5) is 4.31. The lowest BCUT2D eigenvalue weighted by atomic mass is 10.1. The first-order chi connectivity index (χ1) is 9.04. The number of aliphatic hydroxyl groups excluding tert-OH is 1. The van der Waals surface area contributed by atoms with Gasteiger partial charge < -0.3 is 10.4 Å². The second-order valence-electron chi connectivity index (χ2n) is 4.66. The summed E-state index contributed by atoms with van der Waals surface area (Å²) in [6.45, 7) is 4.28. The molecule has 1 aromatic carbocycles. The van der Waals surface area contributed by atoms with Crippen molar-refractivity contribution in [2.75, 3.05) is 11.9 Å². The van der Waals surface area contributed by atoms with E-state index in [4.69, 9.17) is 11.6 Å². The maximum atomic E-state index is 9.22. The summed E-state index contributed by atoms with van der Waals surface area (Å²) in [5, 5.41) is 12.9. The highest BCUT2D eigenvalue weighted by Crippen LogP contribution is 2.22. The van der Waals surface area contributed by atoms with Crippen molar-refractivity contribution in [3.8, 4) is 11.3 Å². The molecule has 2 aromatic rings. The van der Waals surface area contributed by atoms with E-state index in [1.807, 2.05) is 43.3 Å². The fraction of sp³-hybridized carbons (Fsp3) is 0.267. The van der Waals surface area contributed by atoms with Crippen LogP contribution in [0.1, 0.15) is 12.5 Å². The molecule has 100 valence electrons. The molecule has 0 bridgehead atoms. The Morgan fingerprint density at radius 1 is 1.26 bits per heavy atom. The summed E-state index contributed by atoms with van der Waals surface area (Å²) in [5.74, 6) is 0. The average Bonchev–Trinajstić information content (AvgIpc) is 2.36. The molecule has 0 spiro atoms. The van der Waals surface area contributed by atoms with Crippen molar-refractivity contribution in [2.45, 2.75) is 20.0 Å². The molecular weight excluding hydrogens is 260 g/mol. The van der Waals surface area contributed by atoms with E-state index in [0.717, 1.165) is 22.5 Å². The number of pyridine rings is 1. The zero-order valence-electron chi connectivity index (χ0n) is 11.0. The smallest absolute Gasteiger partial charge is 0.130 e. The van der Waals surface area contributed by atoms with E-state index in [1.165, 1.54) is 0 Å². The highest BCUT2D eigenvalue weighted by Gasteiger charge is 2.03. The number of halogens is 1. The van der Waals surface area contributed by atoms with Crippen molar-refractivity contribution >= 4 is 17.3 Å². The summed E-state index contributed by atoms with van der Waals surface area (Å²) in [6.07, 6.45) is -0.364. The molecular formula is C15H17ClN2O. The molecule has 0 saturated carbocycles. The first-order valence-electron chi connectivity index (χ1n) is 6.21. The van der Waals surface area contributed by atoms with Gasteiger partial charge in [0.1, 0.15) is 5.15 Å². The first-order valence-corrected chi connectivity index (χ1v) is 6.59. The number of aliphatic hydroxyl groups is 1. The molecule has 0 amide bonds. The van der Waals surface area contributed by atoms with Gasteiger partial charge in [-0.15, -0.1) is 0 Å². The number of hydrogen-bond acceptors (Lipinski definition) is 3. The number of nitrogens with zero attached hydrogens (tertiary/aromatic N) is 1. The Bertz CT molecular complexity index is 532. The van der Waals surface area contributed by atoms with Crippen LogP contribution < -0.4 is 5.32 Å². The largest absolute Gasteiger partial charge is 0.392 e. The molecule has 3 nitrogen and oxygen atoms in total. The molecule has 1 unspecified atom stereocenters. The van der Waals surface area contributed by atoms with Crippen molar-refractivity contribution in [1.29, 1.82) is 0 Å². The third kappa shape index (κ3) is 3.94. The molecule has 0 aliphatic carbocycles. The van der Waals surface area contributed by atoms with E-state index < -0.39 is 0 Å². The molecule has 19 heavy (non-hydrogen) atoms. The van der Waals surface area contributed by atoms with Gasteiger partial charge in [0.15, 0.2) is 0 Å². The molecule has 0 aliphatic rings. The summed E-state index contributed by atoms with van der Waals surface area (Å²) in [5.41, 5.74) is 3.95. The zero-order chi connectivity index (χ0) is 13.8. The molecule has 2 N–H and O–H groups in total. The van der Waals surface area contributed by atoms with Crippen LogP contribution in [0.3, 0.4) is 0 Å². The van der Waals surface area contributed by atoms with Crippen LogP contribution in [0.5, 0.6) is 0 Å². The Morgan fingerprint density at radius 2 is 1.95 bits per heavy atom. The molecule has 4 heteroatoms. The minimum absolute atomic E-state index is 0.364. The zero-order valence-corrected chi connectivity index (χ0v) is 11.8. The van der Waals surface area contributed by atoms with Gasteiger partial charge in [0, 0.05) is 17.8 Å². The third-order valence-corrected chi connectivity index (χ3v) is 2.91. The number of anilines is 1. The van der Waals surface area contributed by atoms with E-state index in [1.54, 1.807) is 6.92 Å². The minimum Gasteiger partial charge on any atom is -0.392 e. The maximum absolute atomic E-state index is 9.22. The lowest BCUT2D eigenvalue weighted by Gasteiger charge is -2.09. The van der Waals surface area contributed by atoms with Gasteiger partial charge in [-0.1, -0.05) is 23.7 Å². The monoisotopic (exact) mass is 276 g/mol. The lowest BCUT2D eigenvalue weighted by Crippen LogP contribution is -2.15. The van der Waals surface area contributed by atoms with Crippen LogP contribution in [0.25, 0.3) is 11.3 Å². The molecule has 0 aliphatic heterocycles. The summed E-state index contributed by atoms with van der Waals surface area (Å²) >= 11 is 5.96. The highest BCUT2D eigenvalue weighted by atomic mass is 35.5. The molecule has 0 saturated heterocycles. The summed E-state index contributed by atoms with van der Waals surface area (Å²) in [7, 11) is 0. The van der Waals surface area contributed by atoms with Gasteiger partial charge in [-0.3, -0.25) is 0 Å². The van der Waals surface area contributed by atoms with Crippen molar-refractivity contribution in [3.05, 3.63) is 47.1 Å². The van der Waals surface area contributed by atoms with Gasteiger partial charge in [0.25, 0.3) is 0 Å². The second-order valence-corrected chi connectivity index (χ2v) is 5.05. The van der Waals surface area contributed by atoms with Crippen LogP contribution in [0.15, 0.2) is 36.4 Å². The Labute approximate surface area is 118 Å². The lowest BCUT2D eigenvalue weighted by molar-refractivity contribution is 0.208. The molecule has 0 radical (unpaired) electrons. The SMILES string of the molecule is Cc1cc(Cl)nc(-c2ccc(NCC(C)O)cc2)c1. The van der Waals surface area contributed by atoms with Gasteiger partial charge in [-0.05, 0) is 43.7 Å². The van der Waals surface area contributed by atoms with Crippen molar-refractivity contribution in [1.82, 2.24) is 4.98 Å². The van der Waals surface area contributed by atoms with Crippen LogP contribution >= 0.6 is 11.6 Å². The third-order valence-electron chi connectivity index (χ3n) is 2.72. The Kier molecular flexibility index (Phi) is 4.40. The summed E-state index contributed by atoms with van der Waals surface area (Å²) in [6, 6.07) is 11.8. The van der Waals surface area contributed by atoms with E-state index in [2.05, 4.69) is 10.3 Å². The molecule has 2 rings (SSSR count). The van der Waals surface area contributed by atoms with Crippen LogP contribution in [-0.2, 0) is 0 Å². The standard InChI is InChI=1S/C15H17ClN2O/c1-10-7-14(18-15(16)8-10)12-3-5-13(6-4-12)17-9-11(2)19/h3-8,11,17,19H,9H2,1-2H3. The number of aryl methyl sites for hydroxylation is 1. The predicted molar refractivity (Wildman–Crippen MR) is 79.6 cm³/mol. The van der Waals surface area contributed by atoms with Crippen LogP contribution in [0, 0.1) is 6.92 Å². The highest BCUT2D eigenvalue weighted by molar-refractivity contribution is 6.29. The molecule has 1 atom stereocenters. The van der Waals surface area contributed by atoms with Gasteiger partial charge >= 0.3 is 0 Å². The quantitative estimate of drug-likeness (QED) is 0.840. The second kappa shape index (κ2) is 6.04. The van der Waals surface area contributed by atoms with Gasteiger partial charge in [0.2, 0.25) is 0 Å². The van der Waals surface area contributed by atoms with Crippen molar-refractivity contribution in [2.24, 2.45) is 0 Å². The maximum Gasteiger partial charge on any atom is 0.130 e. The predicted octanol–water partition coefficient (Wildman–Crippen LogP) is 3.50. The van der Waals surface area contributed by atoms with Gasteiger partial charge in [-0.2, -0.15) is 0 Å². The van der Waals surface area contributed by atoms with E-state index >= 15 is 0 Å². The topological polar surface area (TPSA) is 45.2 Å². The van der Waals surface area contributed by atoms with Crippen molar-refractivity contribution < 1.29 is 5.11 Å². The number of nitrogens with one attached hydrogen (secondary N) is 1. The first kappa shape index (κ1) is 13.8. The fourth-order valence-corrected chi connectivity index (χ4v) is 2.06. The average molecular weight is 277 g/mol. The van der Waals surface area contributed by atoms with Crippen molar-refractivity contribution in [3.63, 3.8) is 0 Å². The Morgan fingerprint density at radius 3 is 2.53 bits per heavy atom. The van der Waals surface area contributed by atoms with Crippen LogP contribution in [-0.4, -0.2) is 22.7 Å². The molecule has 1 aromatic heterocycles. The van der Waals surface area contributed by atoms with Crippen LogP contribution in [0.2, 0.25) is 5.15 Å². The number of aromatic nitrogens is 1. The van der Waals surface area contributed by atoms with Gasteiger partial charge in [-0.25, -0.2) is 4.98 Å². The number of rotatable bonds is 4. The van der Waals surface area contributed by atoms with E-state index in [-0.39, 0.29) is 6.10 Å². The number of benzene rings is 1. The minimum atomic E-state index is -0.364. The molecule has 0 fully saturated rings. The van der Waals surface area contributed by atoms with E-state index in [9.17, 15) is 5.11 Å². The van der Waals surface area contributed by atoms with Crippen LogP contribution in [0.4, 0.5) is 5.69 Å².